The molecule has 0 bridgehead atoms. The Bertz CT molecular complexity index is 1190. The van der Waals surface area contributed by atoms with Gasteiger partial charge >= 0.3 is 12.4 Å². The van der Waals surface area contributed by atoms with Gasteiger partial charge in [-0.05, 0) is 55.3 Å². The van der Waals surface area contributed by atoms with Crippen LogP contribution in [0.1, 0.15) is 46.3 Å². The molecular formula is C23H18Cl3F7N2O2. The van der Waals surface area contributed by atoms with E-state index in [0.29, 0.717) is 6.08 Å². The van der Waals surface area contributed by atoms with Crippen molar-refractivity contribution < 1.29 is 40.3 Å². The average Bonchev–Trinajstić information content (AvgIpc) is 2.72. The maximum absolute atomic E-state index is 14.9. The number of alkyl halides is 6. The molecule has 0 aromatic heterocycles. The molecule has 2 aromatic rings. The van der Waals surface area contributed by atoms with Crippen LogP contribution in [0.5, 0.6) is 0 Å². The van der Waals surface area contributed by atoms with Gasteiger partial charge in [0.25, 0.3) is 5.91 Å². The molecule has 2 amide bonds. The van der Waals surface area contributed by atoms with Crippen molar-refractivity contribution in [1.82, 2.24) is 10.6 Å². The van der Waals surface area contributed by atoms with Crippen molar-refractivity contribution in [2.24, 2.45) is 0 Å². The molecule has 2 N–H and O–H groups in total. The summed E-state index contributed by atoms with van der Waals surface area (Å²) in [6.45, 7) is 2.60. The largest absolute Gasteiger partial charge is 0.399 e. The number of hydrogen-bond acceptors (Lipinski definition) is 2. The molecule has 202 valence electrons. The average molecular weight is 594 g/mol. The number of hydrogen-bond donors (Lipinski definition) is 2. The minimum Gasteiger partial charge on any atom is -0.336 e. The molecule has 37 heavy (non-hydrogen) atoms. The molecule has 2 aromatic carbocycles. The van der Waals surface area contributed by atoms with Crippen LogP contribution in [-0.2, 0) is 4.79 Å². The van der Waals surface area contributed by atoms with Crippen molar-refractivity contribution >= 4 is 52.4 Å². The smallest absolute Gasteiger partial charge is 0.336 e. The van der Waals surface area contributed by atoms with Gasteiger partial charge in [0.2, 0.25) is 5.91 Å². The van der Waals surface area contributed by atoms with E-state index in [1.54, 1.807) is 0 Å². The van der Waals surface area contributed by atoms with Crippen LogP contribution in [0.2, 0.25) is 15.1 Å². The first kappa shape index (κ1) is 30.7. The molecule has 0 fully saturated rings. The van der Waals surface area contributed by atoms with E-state index in [2.05, 4.69) is 5.32 Å². The lowest BCUT2D eigenvalue weighted by Gasteiger charge is -2.19. The lowest BCUT2D eigenvalue weighted by atomic mass is 9.95. The van der Waals surface area contributed by atoms with E-state index in [9.17, 15) is 40.3 Å². The highest BCUT2D eigenvalue weighted by molar-refractivity contribution is 6.48. The maximum Gasteiger partial charge on any atom is 0.399 e. The van der Waals surface area contributed by atoms with E-state index in [1.165, 1.54) is 13.8 Å². The Morgan fingerprint density at radius 3 is 2.03 bits per heavy atom. The van der Waals surface area contributed by atoms with Crippen molar-refractivity contribution in [1.29, 1.82) is 0 Å². The van der Waals surface area contributed by atoms with Crippen LogP contribution >= 0.6 is 34.8 Å². The Balaban J connectivity index is 2.26. The molecular weight excluding hydrogens is 576 g/mol. The lowest BCUT2D eigenvalue weighted by molar-refractivity contribution is -0.154. The second kappa shape index (κ2) is 11.9. The van der Waals surface area contributed by atoms with E-state index in [4.69, 9.17) is 34.8 Å². The monoisotopic (exact) mass is 592 g/mol. The van der Waals surface area contributed by atoms with Gasteiger partial charge < -0.3 is 10.6 Å². The van der Waals surface area contributed by atoms with E-state index >= 15 is 0 Å². The highest BCUT2D eigenvalue weighted by Gasteiger charge is 2.40. The second-order valence-corrected chi connectivity index (χ2v) is 9.11. The van der Waals surface area contributed by atoms with Crippen molar-refractivity contribution in [3.05, 3.63) is 73.7 Å². The normalized spacial score (nSPS) is 14.2. The van der Waals surface area contributed by atoms with Crippen LogP contribution in [0.3, 0.4) is 0 Å². The highest BCUT2D eigenvalue weighted by Crippen LogP contribution is 2.42. The van der Waals surface area contributed by atoms with Gasteiger partial charge in [-0.25, -0.2) is 4.39 Å². The number of nitrogens with one attached hydrogen (secondary N) is 2. The van der Waals surface area contributed by atoms with Crippen LogP contribution in [0.4, 0.5) is 30.7 Å². The molecule has 4 nitrogen and oxygen atoms in total. The first-order valence-electron chi connectivity index (χ1n) is 10.3. The molecule has 2 rings (SSSR count). The quantitative estimate of drug-likeness (QED) is 0.196. The third kappa shape index (κ3) is 8.79. The van der Waals surface area contributed by atoms with Gasteiger partial charge in [-0.2, -0.15) is 26.3 Å². The van der Waals surface area contributed by atoms with Crippen LogP contribution < -0.4 is 10.6 Å². The molecule has 0 spiro atoms. The summed E-state index contributed by atoms with van der Waals surface area (Å²) >= 11 is 17.4. The first-order valence-corrected chi connectivity index (χ1v) is 11.4. The number of rotatable bonds is 7. The van der Waals surface area contributed by atoms with Crippen LogP contribution in [0, 0.1) is 6.92 Å². The van der Waals surface area contributed by atoms with Crippen molar-refractivity contribution in [2.75, 3.05) is 0 Å². The first-order chi connectivity index (χ1) is 16.9. The molecule has 0 aliphatic rings. The number of amides is 2. The Morgan fingerprint density at radius 1 is 0.973 bits per heavy atom. The Morgan fingerprint density at radius 2 is 1.54 bits per heavy atom. The van der Waals surface area contributed by atoms with Gasteiger partial charge in [0, 0.05) is 11.1 Å². The minimum absolute atomic E-state index is 0.0443. The predicted molar refractivity (Wildman–Crippen MR) is 126 cm³/mol. The van der Waals surface area contributed by atoms with Gasteiger partial charge in [0.15, 0.2) is 0 Å². The van der Waals surface area contributed by atoms with Gasteiger partial charge in [0.05, 0.1) is 21.2 Å². The summed E-state index contributed by atoms with van der Waals surface area (Å²) in [4.78, 5) is 23.8. The minimum atomic E-state index is -4.92. The van der Waals surface area contributed by atoms with E-state index in [0.717, 1.165) is 30.3 Å². The zero-order valence-electron chi connectivity index (χ0n) is 18.9. The molecule has 0 aliphatic carbocycles. The van der Waals surface area contributed by atoms with Gasteiger partial charge in [-0.1, -0.05) is 40.9 Å². The Hall–Kier alpha value is -2.50. The number of aryl methyl sites for hydroxylation is 1. The summed E-state index contributed by atoms with van der Waals surface area (Å²) in [5.74, 6) is -5.86. The van der Waals surface area contributed by atoms with E-state index in [-0.39, 0.29) is 31.8 Å². The zero-order valence-corrected chi connectivity index (χ0v) is 21.2. The molecule has 0 aliphatic heterocycles. The molecule has 0 saturated carbocycles. The predicted octanol–water partition coefficient (Wildman–Crippen LogP) is 7.76. The summed E-state index contributed by atoms with van der Waals surface area (Å²) in [6.07, 6.45) is -12.2. The molecule has 0 saturated heterocycles. The fourth-order valence-corrected chi connectivity index (χ4v) is 3.84. The molecule has 1 unspecified atom stereocenters. The lowest BCUT2D eigenvalue weighted by Crippen LogP contribution is -2.46. The number of allylic oxidation sites excluding steroid dienone is 1. The summed E-state index contributed by atoms with van der Waals surface area (Å²) in [7, 11) is 0. The fraction of sp³-hybridized carbons (Fsp3) is 0.304. The molecule has 14 heteroatoms. The fourth-order valence-electron chi connectivity index (χ4n) is 3.23. The number of carbonyl (C=O) groups excluding carboxylic acids is 2. The number of carbonyl (C=O) groups is 2. The summed E-state index contributed by atoms with van der Waals surface area (Å²) in [5, 5.41) is 3.56. The summed E-state index contributed by atoms with van der Waals surface area (Å²) in [6, 6.07) is 5.13. The Kier molecular flexibility index (Phi) is 9.89. The summed E-state index contributed by atoms with van der Waals surface area (Å²) < 4.78 is 92.9. The number of halogens is 10. The standard InChI is InChI=1S/C23H18Cl3F7N2O2/c1-10-5-12(3-4-14(10)21(37)35-11(2)34-19(36)9-22(28,29)30)18(27)8-15(23(31,32)33)13-6-16(24)20(26)17(25)7-13/h3-8,11,15H,9H2,1-2H3,(H,34,36)(H,35,37)/b18-8-/t11-,15?/m1/s1. The van der Waals surface area contributed by atoms with Crippen LogP contribution in [0.25, 0.3) is 5.83 Å². The zero-order chi connectivity index (χ0) is 28.3. The molecule has 2 atom stereocenters. The Labute approximate surface area is 221 Å². The highest BCUT2D eigenvalue weighted by atomic mass is 35.5. The van der Waals surface area contributed by atoms with Gasteiger partial charge in [-0.3, -0.25) is 9.59 Å². The van der Waals surface area contributed by atoms with Crippen LogP contribution in [0.15, 0.2) is 36.4 Å². The van der Waals surface area contributed by atoms with Gasteiger partial charge in [0.1, 0.15) is 18.2 Å². The number of benzene rings is 2. The topological polar surface area (TPSA) is 58.2 Å². The maximum atomic E-state index is 14.9. The molecule has 0 radical (unpaired) electrons. The van der Waals surface area contributed by atoms with Crippen molar-refractivity contribution in [3.8, 4) is 0 Å². The summed E-state index contributed by atoms with van der Waals surface area (Å²) in [5.41, 5.74) is -0.622. The van der Waals surface area contributed by atoms with Crippen molar-refractivity contribution in [2.45, 2.75) is 44.7 Å². The van der Waals surface area contributed by atoms with Gasteiger partial charge in [-0.15, -0.1) is 0 Å². The second-order valence-electron chi connectivity index (χ2n) is 7.92. The van der Waals surface area contributed by atoms with E-state index in [1.807, 2.05) is 5.32 Å². The third-order valence-corrected chi connectivity index (χ3v) is 6.06. The van der Waals surface area contributed by atoms with Crippen LogP contribution in [-0.4, -0.2) is 30.3 Å². The van der Waals surface area contributed by atoms with Crippen molar-refractivity contribution in [3.63, 3.8) is 0 Å². The SMILES string of the molecule is Cc1cc(/C(F)=C/C(c2cc(Cl)c(Cl)c(Cl)c2)C(F)(F)F)ccc1C(=O)N[C@H](C)NC(=O)CC(F)(F)F. The third-order valence-electron chi connectivity index (χ3n) is 4.86. The molecule has 0 heterocycles. The van der Waals surface area contributed by atoms with E-state index < -0.39 is 54.1 Å².